The van der Waals surface area contributed by atoms with Crippen LogP contribution in [0.5, 0.6) is 5.75 Å². The van der Waals surface area contributed by atoms with Crippen LogP contribution in [0.3, 0.4) is 0 Å². The first-order chi connectivity index (χ1) is 14.7. The van der Waals surface area contributed by atoms with E-state index in [0.717, 1.165) is 49.5 Å². The Morgan fingerprint density at radius 1 is 1.16 bits per heavy atom. The zero-order valence-electron chi connectivity index (χ0n) is 17.0. The summed E-state index contributed by atoms with van der Waals surface area (Å²) in [5, 5.41) is 1.34. The molecule has 1 aliphatic heterocycles. The lowest BCUT2D eigenvalue weighted by atomic mass is 10.3. The predicted octanol–water partition coefficient (Wildman–Crippen LogP) is 4.51. The van der Waals surface area contributed by atoms with Gasteiger partial charge < -0.3 is 9.47 Å². The van der Waals surface area contributed by atoms with Crippen molar-refractivity contribution in [2.24, 2.45) is 0 Å². The second-order valence-corrected chi connectivity index (χ2v) is 8.51. The molecule has 6 nitrogen and oxygen atoms in total. The molecule has 31 heavy (non-hydrogen) atoms. The number of anilines is 1. The highest BCUT2D eigenvalue weighted by Gasteiger charge is 2.21. The van der Waals surface area contributed by atoms with Crippen molar-refractivity contribution in [2.45, 2.75) is 6.42 Å². The third-order valence-electron chi connectivity index (χ3n) is 4.95. The number of aromatic nitrogens is 1. The standard InChI is InChI=1S/C22H24ClN3O3S.ClH/c23-17-6-8-18(9-7-17)29-16-21(27)26(11-3-10-25-12-14-28-15-13-25)22-24-19-4-1-2-5-20(19)30-22;/h1-2,4-9H,3,10-16H2;1H. The van der Waals surface area contributed by atoms with Crippen molar-refractivity contribution in [3.63, 3.8) is 0 Å². The molecule has 0 N–H and O–H groups in total. The second-order valence-electron chi connectivity index (χ2n) is 7.06. The number of ether oxygens (including phenoxy) is 2. The largest absolute Gasteiger partial charge is 0.484 e. The van der Waals surface area contributed by atoms with Gasteiger partial charge in [0, 0.05) is 31.2 Å². The van der Waals surface area contributed by atoms with Gasteiger partial charge in [0.05, 0.1) is 23.4 Å². The Morgan fingerprint density at radius 2 is 1.90 bits per heavy atom. The van der Waals surface area contributed by atoms with Gasteiger partial charge in [-0.15, -0.1) is 12.4 Å². The van der Waals surface area contributed by atoms with Crippen molar-refractivity contribution in [1.82, 2.24) is 9.88 Å². The highest BCUT2D eigenvalue weighted by molar-refractivity contribution is 7.22. The molecule has 1 fully saturated rings. The molecule has 4 rings (SSSR count). The van der Waals surface area contributed by atoms with Gasteiger partial charge in [-0.05, 0) is 42.8 Å². The van der Waals surface area contributed by atoms with Crippen LogP contribution in [0.1, 0.15) is 6.42 Å². The van der Waals surface area contributed by atoms with Gasteiger partial charge in [0.1, 0.15) is 5.75 Å². The summed E-state index contributed by atoms with van der Waals surface area (Å²) in [7, 11) is 0. The molecule has 0 atom stereocenters. The zero-order chi connectivity index (χ0) is 20.8. The van der Waals surface area contributed by atoms with Crippen molar-refractivity contribution in [3.8, 4) is 5.75 Å². The Morgan fingerprint density at radius 3 is 2.65 bits per heavy atom. The number of hydrogen-bond acceptors (Lipinski definition) is 6. The first kappa shape index (κ1) is 23.8. The van der Waals surface area contributed by atoms with Crippen LogP contribution in [0, 0.1) is 0 Å². The Labute approximate surface area is 197 Å². The SMILES string of the molecule is Cl.O=C(COc1ccc(Cl)cc1)N(CCCN1CCOCC1)c1nc2ccccc2s1. The molecule has 2 aromatic carbocycles. The maximum Gasteiger partial charge on any atom is 0.266 e. The molecule has 0 aliphatic carbocycles. The van der Waals surface area contributed by atoms with E-state index in [4.69, 9.17) is 21.1 Å². The Bertz CT molecular complexity index is 945. The molecule has 166 valence electrons. The molecular formula is C22H25Cl2N3O3S. The minimum atomic E-state index is -0.106. The molecule has 1 aliphatic rings. The summed E-state index contributed by atoms with van der Waals surface area (Å²) in [6.07, 6.45) is 0.864. The molecular weight excluding hydrogens is 457 g/mol. The number of morpholine rings is 1. The second kappa shape index (κ2) is 11.6. The van der Waals surface area contributed by atoms with Gasteiger partial charge >= 0.3 is 0 Å². The molecule has 1 saturated heterocycles. The lowest BCUT2D eigenvalue weighted by Crippen LogP contribution is -2.40. The van der Waals surface area contributed by atoms with Crippen molar-refractivity contribution in [1.29, 1.82) is 0 Å². The summed E-state index contributed by atoms with van der Waals surface area (Å²) in [4.78, 5) is 21.9. The molecule has 0 spiro atoms. The monoisotopic (exact) mass is 481 g/mol. The average Bonchev–Trinajstić information content (AvgIpc) is 3.20. The fourth-order valence-corrected chi connectivity index (χ4v) is 4.47. The molecule has 2 heterocycles. The molecule has 0 bridgehead atoms. The van der Waals surface area contributed by atoms with Gasteiger partial charge in [-0.3, -0.25) is 14.6 Å². The first-order valence-electron chi connectivity index (χ1n) is 10.0. The van der Waals surface area contributed by atoms with E-state index >= 15 is 0 Å². The molecule has 1 aromatic heterocycles. The number of halogens is 2. The normalized spacial score (nSPS) is 14.2. The number of rotatable bonds is 8. The fourth-order valence-electron chi connectivity index (χ4n) is 3.33. The van der Waals surface area contributed by atoms with E-state index in [2.05, 4.69) is 9.88 Å². The van der Waals surface area contributed by atoms with Crippen molar-refractivity contribution in [3.05, 3.63) is 53.6 Å². The summed E-state index contributed by atoms with van der Waals surface area (Å²) < 4.78 is 12.2. The van der Waals surface area contributed by atoms with Crippen molar-refractivity contribution in [2.75, 3.05) is 50.9 Å². The van der Waals surface area contributed by atoms with E-state index in [1.165, 1.54) is 11.3 Å². The van der Waals surface area contributed by atoms with Crippen LogP contribution in [0.4, 0.5) is 5.13 Å². The van der Waals surface area contributed by atoms with E-state index in [1.54, 1.807) is 29.2 Å². The number of nitrogens with zero attached hydrogens (tertiary/aromatic N) is 3. The van der Waals surface area contributed by atoms with Crippen LogP contribution in [0.15, 0.2) is 48.5 Å². The summed E-state index contributed by atoms with van der Waals surface area (Å²) in [6, 6.07) is 14.9. The van der Waals surface area contributed by atoms with Gasteiger partial charge in [0.2, 0.25) is 0 Å². The number of fused-ring (bicyclic) bond motifs is 1. The Balaban J connectivity index is 0.00000272. The summed E-state index contributed by atoms with van der Waals surface area (Å²) >= 11 is 7.45. The summed E-state index contributed by atoms with van der Waals surface area (Å²) in [5.74, 6) is 0.510. The number of carbonyl (C=O) groups excluding carboxylic acids is 1. The number of thiazole rings is 1. The van der Waals surface area contributed by atoms with Crippen LogP contribution in [0.2, 0.25) is 5.02 Å². The molecule has 0 radical (unpaired) electrons. The first-order valence-corrected chi connectivity index (χ1v) is 11.2. The maximum atomic E-state index is 13.1. The minimum absolute atomic E-state index is 0. The number of hydrogen-bond donors (Lipinski definition) is 0. The maximum absolute atomic E-state index is 13.1. The van der Waals surface area contributed by atoms with E-state index < -0.39 is 0 Å². The molecule has 0 unspecified atom stereocenters. The van der Waals surface area contributed by atoms with Crippen molar-refractivity contribution >= 4 is 56.6 Å². The van der Waals surface area contributed by atoms with E-state index in [1.807, 2.05) is 24.3 Å². The number of carbonyl (C=O) groups is 1. The molecule has 9 heteroatoms. The van der Waals surface area contributed by atoms with E-state index in [0.29, 0.717) is 22.4 Å². The fraction of sp³-hybridized carbons (Fsp3) is 0.364. The van der Waals surface area contributed by atoms with Gasteiger partial charge in [0.25, 0.3) is 5.91 Å². The summed E-state index contributed by atoms with van der Waals surface area (Å²) in [6.45, 7) is 4.90. The quantitative estimate of drug-likeness (QED) is 0.473. The third-order valence-corrected chi connectivity index (χ3v) is 6.26. The number of para-hydroxylation sites is 1. The van der Waals surface area contributed by atoms with Crippen LogP contribution >= 0.6 is 35.3 Å². The third kappa shape index (κ3) is 6.54. The van der Waals surface area contributed by atoms with Crippen LogP contribution in [0.25, 0.3) is 10.2 Å². The van der Waals surface area contributed by atoms with Crippen LogP contribution in [-0.4, -0.2) is 61.8 Å². The highest BCUT2D eigenvalue weighted by Crippen LogP contribution is 2.29. The lowest BCUT2D eigenvalue weighted by molar-refractivity contribution is -0.120. The number of benzene rings is 2. The van der Waals surface area contributed by atoms with E-state index in [-0.39, 0.29) is 24.9 Å². The molecule has 1 amide bonds. The van der Waals surface area contributed by atoms with Crippen molar-refractivity contribution < 1.29 is 14.3 Å². The lowest BCUT2D eigenvalue weighted by Gasteiger charge is -2.27. The number of amides is 1. The van der Waals surface area contributed by atoms with Gasteiger partial charge in [-0.1, -0.05) is 35.1 Å². The topological polar surface area (TPSA) is 54.9 Å². The smallest absolute Gasteiger partial charge is 0.266 e. The summed E-state index contributed by atoms with van der Waals surface area (Å²) in [5.41, 5.74) is 0.905. The predicted molar refractivity (Wildman–Crippen MR) is 128 cm³/mol. The Kier molecular flexibility index (Phi) is 8.92. The van der Waals surface area contributed by atoms with E-state index in [9.17, 15) is 4.79 Å². The van der Waals surface area contributed by atoms with Gasteiger partial charge in [0.15, 0.2) is 11.7 Å². The zero-order valence-corrected chi connectivity index (χ0v) is 19.4. The van der Waals surface area contributed by atoms with Crippen LogP contribution < -0.4 is 9.64 Å². The highest BCUT2D eigenvalue weighted by atomic mass is 35.5. The van der Waals surface area contributed by atoms with Gasteiger partial charge in [-0.25, -0.2) is 4.98 Å². The van der Waals surface area contributed by atoms with Gasteiger partial charge in [-0.2, -0.15) is 0 Å². The Hall–Kier alpha value is -1.90. The average molecular weight is 482 g/mol. The molecule has 0 saturated carbocycles. The minimum Gasteiger partial charge on any atom is -0.484 e. The molecule has 3 aromatic rings. The van der Waals surface area contributed by atoms with Crippen LogP contribution in [-0.2, 0) is 9.53 Å².